The molecule has 2 heterocycles. The molecule has 0 saturated carbocycles. The van der Waals surface area contributed by atoms with Gasteiger partial charge in [0.2, 0.25) is 11.8 Å². The van der Waals surface area contributed by atoms with Gasteiger partial charge in [0, 0.05) is 25.6 Å². The Hall–Kier alpha value is -1.79. The van der Waals surface area contributed by atoms with Gasteiger partial charge in [-0.25, -0.2) is 0 Å². The first-order valence-corrected chi connectivity index (χ1v) is 9.43. The van der Waals surface area contributed by atoms with E-state index in [4.69, 9.17) is 4.74 Å². The number of likely N-dealkylation sites (tertiary alicyclic amines) is 1. The van der Waals surface area contributed by atoms with Gasteiger partial charge in [-0.3, -0.25) is 9.59 Å². The molecular formula is C20H30ClN3O3. The van der Waals surface area contributed by atoms with Crippen molar-refractivity contribution in [1.29, 1.82) is 0 Å². The second kappa shape index (κ2) is 9.42. The minimum Gasteiger partial charge on any atom is -0.497 e. The Morgan fingerprint density at radius 3 is 2.59 bits per heavy atom. The molecule has 0 radical (unpaired) electrons. The number of hydrogen-bond donors (Lipinski definition) is 2. The van der Waals surface area contributed by atoms with Crippen molar-refractivity contribution in [3.63, 3.8) is 0 Å². The predicted molar refractivity (Wildman–Crippen MR) is 107 cm³/mol. The quantitative estimate of drug-likeness (QED) is 0.820. The van der Waals surface area contributed by atoms with Crippen LogP contribution in [0.15, 0.2) is 24.3 Å². The summed E-state index contributed by atoms with van der Waals surface area (Å²) in [6, 6.07) is 8.05. The average Bonchev–Trinajstić information content (AvgIpc) is 2.64. The Morgan fingerprint density at radius 1 is 1.26 bits per heavy atom. The fourth-order valence-corrected chi connectivity index (χ4v) is 4.14. The first kappa shape index (κ1) is 21.5. The second-order valence-electron chi connectivity index (χ2n) is 7.45. The minimum atomic E-state index is -0.235. The maximum Gasteiger partial charge on any atom is 0.225 e. The van der Waals surface area contributed by atoms with E-state index in [1.54, 1.807) is 19.1 Å². The molecule has 1 aromatic rings. The van der Waals surface area contributed by atoms with Crippen LogP contribution in [0.1, 0.15) is 44.2 Å². The SMILES string of the molecule is COc1ccc(C2C(C(=O)NC3CCNC(C)C3)CCC(=O)N2C)cc1.Cl. The summed E-state index contributed by atoms with van der Waals surface area (Å²) in [5, 5.41) is 6.64. The third-order valence-corrected chi connectivity index (χ3v) is 5.63. The van der Waals surface area contributed by atoms with Crippen LogP contribution in [-0.4, -0.2) is 49.5 Å². The molecule has 6 nitrogen and oxygen atoms in total. The van der Waals surface area contributed by atoms with E-state index in [0.717, 1.165) is 30.7 Å². The number of nitrogens with one attached hydrogen (secondary N) is 2. The minimum absolute atomic E-state index is 0. The summed E-state index contributed by atoms with van der Waals surface area (Å²) in [5.74, 6) is 0.689. The van der Waals surface area contributed by atoms with Crippen molar-refractivity contribution in [3.8, 4) is 5.75 Å². The summed E-state index contributed by atoms with van der Waals surface area (Å²) in [6.07, 6.45) is 2.90. The molecule has 0 aliphatic carbocycles. The number of rotatable bonds is 4. The summed E-state index contributed by atoms with van der Waals surface area (Å²) in [4.78, 5) is 27.0. The molecule has 4 unspecified atom stereocenters. The summed E-state index contributed by atoms with van der Waals surface area (Å²) >= 11 is 0. The molecule has 0 aromatic heterocycles. The van der Waals surface area contributed by atoms with E-state index < -0.39 is 0 Å². The number of nitrogens with zero attached hydrogens (tertiary/aromatic N) is 1. The molecule has 2 saturated heterocycles. The van der Waals surface area contributed by atoms with Crippen molar-refractivity contribution in [3.05, 3.63) is 29.8 Å². The van der Waals surface area contributed by atoms with E-state index in [1.165, 1.54) is 0 Å². The van der Waals surface area contributed by atoms with E-state index in [0.29, 0.717) is 18.9 Å². The molecule has 3 rings (SSSR count). The fraction of sp³-hybridized carbons (Fsp3) is 0.600. The van der Waals surface area contributed by atoms with Crippen LogP contribution in [0.4, 0.5) is 0 Å². The molecule has 7 heteroatoms. The first-order chi connectivity index (χ1) is 12.5. The normalized spacial score (nSPS) is 28.3. The molecule has 0 spiro atoms. The Balaban J connectivity index is 0.00000261. The molecule has 2 fully saturated rings. The van der Waals surface area contributed by atoms with Crippen molar-refractivity contribution < 1.29 is 14.3 Å². The molecular weight excluding hydrogens is 366 g/mol. The number of carbonyl (C=O) groups is 2. The van der Waals surface area contributed by atoms with Gasteiger partial charge in [0.1, 0.15) is 5.75 Å². The molecule has 1 aromatic carbocycles. The van der Waals surface area contributed by atoms with Crippen LogP contribution in [0.25, 0.3) is 0 Å². The van der Waals surface area contributed by atoms with Gasteiger partial charge in [0.15, 0.2) is 0 Å². The summed E-state index contributed by atoms with van der Waals surface area (Å²) in [7, 11) is 3.42. The van der Waals surface area contributed by atoms with Crippen LogP contribution < -0.4 is 15.4 Å². The number of benzene rings is 1. The monoisotopic (exact) mass is 395 g/mol. The zero-order valence-corrected chi connectivity index (χ0v) is 17.1. The second-order valence-corrected chi connectivity index (χ2v) is 7.45. The van der Waals surface area contributed by atoms with E-state index in [-0.39, 0.29) is 42.2 Å². The van der Waals surface area contributed by atoms with Crippen LogP contribution in [-0.2, 0) is 9.59 Å². The van der Waals surface area contributed by atoms with Crippen molar-refractivity contribution in [2.75, 3.05) is 20.7 Å². The van der Waals surface area contributed by atoms with Gasteiger partial charge >= 0.3 is 0 Å². The third-order valence-electron chi connectivity index (χ3n) is 5.63. The van der Waals surface area contributed by atoms with Crippen molar-refractivity contribution in [2.24, 2.45) is 5.92 Å². The predicted octanol–water partition coefficient (Wildman–Crippen LogP) is 2.28. The number of halogens is 1. The van der Waals surface area contributed by atoms with Gasteiger partial charge in [0.25, 0.3) is 0 Å². The lowest BCUT2D eigenvalue weighted by molar-refractivity contribution is -0.142. The van der Waals surface area contributed by atoms with E-state index in [9.17, 15) is 9.59 Å². The highest BCUT2D eigenvalue weighted by molar-refractivity contribution is 5.85. The Bertz CT molecular complexity index is 652. The lowest BCUT2D eigenvalue weighted by Crippen LogP contribution is -2.51. The lowest BCUT2D eigenvalue weighted by Gasteiger charge is -2.39. The van der Waals surface area contributed by atoms with Gasteiger partial charge in [-0.15, -0.1) is 12.4 Å². The Kier molecular flexibility index (Phi) is 7.50. The van der Waals surface area contributed by atoms with Gasteiger partial charge in [-0.1, -0.05) is 12.1 Å². The van der Waals surface area contributed by atoms with E-state index >= 15 is 0 Å². The molecule has 0 bridgehead atoms. The number of hydrogen-bond acceptors (Lipinski definition) is 4. The van der Waals surface area contributed by atoms with Crippen molar-refractivity contribution in [2.45, 2.75) is 50.7 Å². The number of methoxy groups -OCH3 is 1. The van der Waals surface area contributed by atoms with E-state index in [1.807, 2.05) is 24.3 Å². The highest BCUT2D eigenvalue weighted by atomic mass is 35.5. The van der Waals surface area contributed by atoms with Gasteiger partial charge < -0.3 is 20.3 Å². The van der Waals surface area contributed by atoms with Gasteiger partial charge in [0.05, 0.1) is 19.1 Å². The van der Waals surface area contributed by atoms with Crippen molar-refractivity contribution in [1.82, 2.24) is 15.5 Å². The van der Waals surface area contributed by atoms with Crippen LogP contribution in [0.2, 0.25) is 0 Å². The number of ether oxygens (including phenoxy) is 1. The summed E-state index contributed by atoms with van der Waals surface area (Å²) in [6.45, 7) is 3.07. The zero-order chi connectivity index (χ0) is 18.7. The van der Waals surface area contributed by atoms with Gasteiger partial charge in [-0.2, -0.15) is 0 Å². The third kappa shape index (κ3) is 4.93. The maximum atomic E-state index is 13.0. The van der Waals surface area contributed by atoms with Crippen molar-refractivity contribution >= 4 is 24.2 Å². The highest BCUT2D eigenvalue weighted by Crippen LogP contribution is 2.36. The standard InChI is InChI=1S/C20H29N3O3.ClH/c1-13-12-15(10-11-21-13)22-20(25)17-8-9-18(24)23(2)19(17)14-4-6-16(26-3)7-5-14;/h4-7,13,15,17,19,21H,8-12H2,1-3H3,(H,22,25);1H. The fourth-order valence-electron chi connectivity index (χ4n) is 4.14. The number of piperidine rings is 2. The number of carbonyl (C=O) groups excluding carboxylic acids is 2. The molecule has 150 valence electrons. The molecule has 2 aliphatic heterocycles. The highest BCUT2D eigenvalue weighted by Gasteiger charge is 2.39. The van der Waals surface area contributed by atoms with Crippen LogP contribution in [0.5, 0.6) is 5.75 Å². The average molecular weight is 396 g/mol. The molecule has 2 amide bonds. The number of amides is 2. The van der Waals surface area contributed by atoms with Gasteiger partial charge in [-0.05, 0) is 50.4 Å². The summed E-state index contributed by atoms with van der Waals surface area (Å²) in [5.41, 5.74) is 0.972. The zero-order valence-electron chi connectivity index (χ0n) is 16.2. The van der Waals surface area contributed by atoms with E-state index in [2.05, 4.69) is 17.6 Å². The molecule has 27 heavy (non-hydrogen) atoms. The van der Waals surface area contributed by atoms with Crippen LogP contribution >= 0.6 is 12.4 Å². The Labute approximate surface area is 167 Å². The van der Waals surface area contributed by atoms with Crippen LogP contribution in [0.3, 0.4) is 0 Å². The molecule has 4 atom stereocenters. The smallest absolute Gasteiger partial charge is 0.225 e. The largest absolute Gasteiger partial charge is 0.497 e. The maximum absolute atomic E-state index is 13.0. The lowest BCUT2D eigenvalue weighted by atomic mass is 9.83. The molecule has 2 N–H and O–H groups in total. The topological polar surface area (TPSA) is 70.7 Å². The first-order valence-electron chi connectivity index (χ1n) is 9.43. The van der Waals surface area contributed by atoms with Crippen LogP contribution in [0, 0.1) is 5.92 Å². The Morgan fingerprint density at radius 2 is 1.96 bits per heavy atom. The molecule has 2 aliphatic rings. The summed E-state index contributed by atoms with van der Waals surface area (Å²) < 4.78 is 5.22.